The molecule has 0 spiro atoms. The van der Waals surface area contributed by atoms with E-state index in [4.69, 9.17) is 4.42 Å². The molecule has 1 unspecified atom stereocenters. The third-order valence-corrected chi connectivity index (χ3v) is 4.84. The SMILES string of the molecule is Cc1cc(CNC(=O)NC2CCc3c(Br)cccc32)c(C)o1. The predicted molar refractivity (Wildman–Crippen MR) is 88.8 cm³/mol. The minimum absolute atomic E-state index is 0.0830. The van der Waals surface area contributed by atoms with Crippen molar-refractivity contribution in [2.24, 2.45) is 0 Å². The summed E-state index contributed by atoms with van der Waals surface area (Å²) < 4.78 is 6.59. The van der Waals surface area contributed by atoms with Gasteiger partial charge < -0.3 is 15.1 Å². The lowest BCUT2D eigenvalue weighted by Crippen LogP contribution is -2.36. The molecule has 2 amide bonds. The number of carbonyl (C=O) groups is 1. The highest BCUT2D eigenvalue weighted by Crippen LogP contribution is 2.35. The molecule has 0 bridgehead atoms. The van der Waals surface area contributed by atoms with E-state index >= 15 is 0 Å². The Kier molecular flexibility index (Phi) is 4.25. The Bertz CT molecular complexity index is 709. The quantitative estimate of drug-likeness (QED) is 0.861. The van der Waals surface area contributed by atoms with Gasteiger partial charge in [-0.05, 0) is 49.9 Å². The molecule has 0 saturated carbocycles. The summed E-state index contributed by atoms with van der Waals surface area (Å²) in [4.78, 5) is 12.1. The topological polar surface area (TPSA) is 54.3 Å². The number of benzene rings is 1. The zero-order valence-electron chi connectivity index (χ0n) is 12.7. The first-order valence-corrected chi connectivity index (χ1v) is 8.21. The fourth-order valence-corrected chi connectivity index (χ4v) is 3.58. The summed E-state index contributed by atoms with van der Waals surface area (Å²) in [6.45, 7) is 4.30. The van der Waals surface area contributed by atoms with Gasteiger partial charge in [0.2, 0.25) is 0 Å². The Hall–Kier alpha value is -1.75. The van der Waals surface area contributed by atoms with E-state index in [2.05, 4.69) is 32.6 Å². The van der Waals surface area contributed by atoms with Crippen molar-refractivity contribution < 1.29 is 9.21 Å². The smallest absolute Gasteiger partial charge is 0.315 e. The average molecular weight is 363 g/mol. The van der Waals surface area contributed by atoms with Crippen molar-refractivity contribution in [2.45, 2.75) is 39.3 Å². The Morgan fingerprint density at radius 3 is 2.95 bits per heavy atom. The number of hydrogen-bond acceptors (Lipinski definition) is 2. The van der Waals surface area contributed by atoms with Crippen LogP contribution in [-0.4, -0.2) is 6.03 Å². The molecule has 1 aliphatic carbocycles. The van der Waals surface area contributed by atoms with Gasteiger partial charge in [0.1, 0.15) is 11.5 Å². The van der Waals surface area contributed by atoms with E-state index in [0.717, 1.165) is 34.4 Å². The third-order valence-electron chi connectivity index (χ3n) is 4.10. The molecule has 116 valence electrons. The van der Waals surface area contributed by atoms with Crippen molar-refractivity contribution in [1.29, 1.82) is 0 Å². The van der Waals surface area contributed by atoms with Crippen molar-refractivity contribution >= 4 is 22.0 Å². The molecular weight excluding hydrogens is 344 g/mol. The van der Waals surface area contributed by atoms with Gasteiger partial charge in [-0.2, -0.15) is 0 Å². The molecule has 1 atom stereocenters. The monoisotopic (exact) mass is 362 g/mol. The average Bonchev–Trinajstić information content (AvgIpc) is 3.01. The second-order valence-corrected chi connectivity index (χ2v) is 6.52. The zero-order chi connectivity index (χ0) is 15.7. The molecule has 0 fully saturated rings. The second kappa shape index (κ2) is 6.16. The third kappa shape index (κ3) is 3.04. The minimum atomic E-state index is -0.143. The molecule has 1 heterocycles. The van der Waals surface area contributed by atoms with Gasteiger partial charge in [0.05, 0.1) is 6.04 Å². The Balaban J connectivity index is 1.60. The van der Waals surface area contributed by atoms with Crippen LogP contribution in [0.3, 0.4) is 0 Å². The maximum absolute atomic E-state index is 12.1. The Morgan fingerprint density at radius 1 is 1.41 bits per heavy atom. The number of nitrogens with one attached hydrogen (secondary N) is 2. The maximum atomic E-state index is 12.1. The summed E-state index contributed by atoms with van der Waals surface area (Å²) in [7, 11) is 0. The molecule has 0 saturated heterocycles. The van der Waals surface area contributed by atoms with E-state index in [9.17, 15) is 4.79 Å². The van der Waals surface area contributed by atoms with E-state index < -0.39 is 0 Å². The number of amides is 2. The highest BCUT2D eigenvalue weighted by atomic mass is 79.9. The van der Waals surface area contributed by atoms with Crippen LogP contribution in [0.25, 0.3) is 0 Å². The summed E-state index contributed by atoms with van der Waals surface area (Å²) in [5.41, 5.74) is 3.52. The fourth-order valence-electron chi connectivity index (χ4n) is 3.00. The molecule has 1 aromatic heterocycles. The van der Waals surface area contributed by atoms with Crippen LogP contribution in [0.15, 0.2) is 33.2 Å². The van der Waals surface area contributed by atoms with Crippen molar-refractivity contribution in [3.63, 3.8) is 0 Å². The number of carbonyl (C=O) groups excluding carboxylic acids is 1. The molecule has 0 aliphatic heterocycles. The van der Waals surface area contributed by atoms with Crippen LogP contribution in [-0.2, 0) is 13.0 Å². The summed E-state index contributed by atoms with van der Waals surface area (Å²) >= 11 is 3.57. The van der Waals surface area contributed by atoms with Crippen LogP contribution in [0.5, 0.6) is 0 Å². The van der Waals surface area contributed by atoms with Crippen molar-refractivity contribution in [1.82, 2.24) is 10.6 Å². The molecule has 3 rings (SSSR count). The van der Waals surface area contributed by atoms with Crippen molar-refractivity contribution in [3.05, 3.63) is 56.9 Å². The van der Waals surface area contributed by atoms with Crippen LogP contribution in [0.4, 0.5) is 4.79 Å². The molecule has 5 heteroatoms. The van der Waals surface area contributed by atoms with Gasteiger partial charge in [-0.1, -0.05) is 28.1 Å². The van der Waals surface area contributed by atoms with Crippen LogP contribution in [0, 0.1) is 13.8 Å². The molecular formula is C17H19BrN2O2. The number of urea groups is 1. The van der Waals surface area contributed by atoms with E-state index in [1.54, 1.807) is 0 Å². The first-order chi connectivity index (χ1) is 10.5. The number of rotatable bonds is 3. The van der Waals surface area contributed by atoms with Gasteiger partial charge >= 0.3 is 6.03 Å². The largest absolute Gasteiger partial charge is 0.466 e. The Morgan fingerprint density at radius 2 is 2.23 bits per heavy atom. The number of halogens is 1. The first kappa shape index (κ1) is 15.2. The van der Waals surface area contributed by atoms with Gasteiger partial charge in [0.25, 0.3) is 0 Å². The van der Waals surface area contributed by atoms with Crippen molar-refractivity contribution in [3.8, 4) is 0 Å². The molecule has 0 radical (unpaired) electrons. The molecule has 1 aromatic carbocycles. The number of furan rings is 1. The van der Waals surface area contributed by atoms with Gasteiger partial charge in [-0.25, -0.2) is 4.79 Å². The van der Waals surface area contributed by atoms with Crippen LogP contribution in [0.1, 0.15) is 40.7 Å². The van der Waals surface area contributed by atoms with Gasteiger partial charge in [-0.15, -0.1) is 0 Å². The summed E-state index contributed by atoms with van der Waals surface area (Å²) in [6, 6.07) is 8.04. The second-order valence-electron chi connectivity index (χ2n) is 5.66. The van der Waals surface area contributed by atoms with Gasteiger partial charge in [-0.3, -0.25) is 0 Å². The standard InChI is InChI=1S/C17H19BrN2O2/c1-10-8-12(11(2)22-10)9-19-17(21)20-16-7-6-13-14(16)4-3-5-15(13)18/h3-5,8,16H,6-7,9H2,1-2H3,(H2,19,20,21). The van der Waals surface area contributed by atoms with Gasteiger partial charge in [0.15, 0.2) is 0 Å². The minimum Gasteiger partial charge on any atom is -0.466 e. The first-order valence-electron chi connectivity index (χ1n) is 7.42. The number of fused-ring (bicyclic) bond motifs is 1. The number of hydrogen-bond donors (Lipinski definition) is 2. The van der Waals surface area contributed by atoms with E-state index in [0.29, 0.717) is 6.54 Å². The van der Waals surface area contributed by atoms with E-state index in [1.807, 2.05) is 32.0 Å². The van der Waals surface area contributed by atoms with E-state index in [1.165, 1.54) is 11.1 Å². The normalized spacial score (nSPS) is 16.4. The lowest BCUT2D eigenvalue weighted by atomic mass is 10.1. The van der Waals surface area contributed by atoms with E-state index in [-0.39, 0.29) is 12.1 Å². The lowest BCUT2D eigenvalue weighted by molar-refractivity contribution is 0.236. The summed E-state index contributed by atoms with van der Waals surface area (Å²) in [5.74, 6) is 1.72. The summed E-state index contributed by atoms with van der Waals surface area (Å²) in [5, 5.41) is 5.96. The lowest BCUT2D eigenvalue weighted by Gasteiger charge is -2.15. The maximum Gasteiger partial charge on any atom is 0.315 e. The van der Waals surface area contributed by atoms with Crippen LogP contribution < -0.4 is 10.6 Å². The van der Waals surface area contributed by atoms with Crippen LogP contribution in [0.2, 0.25) is 0 Å². The molecule has 1 aliphatic rings. The molecule has 2 N–H and O–H groups in total. The number of aryl methyl sites for hydroxylation is 2. The zero-order valence-corrected chi connectivity index (χ0v) is 14.3. The van der Waals surface area contributed by atoms with Crippen molar-refractivity contribution in [2.75, 3.05) is 0 Å². The predicted octanol–water partition coefficient (Wildman–Crippen LogP) is 4.15. The molecule has 2 aromatic rings. The summed E-state index contributed by atoms with van der Waals surface area (Å²) in [6.07, 6.45) is 1.93. The fraction of sp³-hybridized carbons (Fsp3) is 0.353. The Labute approximate surface area is 138 Å². The molecule has 22 heavy (non-hydrogen) atoms. The highest BCUT2D eigenvalue weighted by molar-refractivity contribution is 9.10. The molecule has 4 nitrogen and oxygen atoms in total. The van der Waals surface area contributed by atoms with Gasteiger partial charge in [0, 0.05) is 16.6 Å². The highest BCUT2D eigenvalue weighted by Gasteiger charge is 2.25. The van der Waals surface area contributed by atoms with Crippen LogP contribution >= 0.6 is 15.9 Å².